The van der Waals surface area contributed by atoms with Gasteiger partial charge in [-0.2, -0.15) is 13.2 Å². The average Bonchev–Trinajstić information content (AvgIpc) is 2.09. The Morgan fingerprint density at radius 1 is 1.19 bits per heavy atom. The number of hydrogen-bond donors (Lipinski definition) is 0. The van der Waals surface area contributed by atoms with Crippen LogP contribution in [0.25, 0.3) is 0 Å². The second-order valence-corrected chi connectivity index (χ2v) is 4.82. The third-order valence-electron chi connectivity index (χ3n) is 1.47. The van der Waals surface area contributed by atoms with Gasteiger partial charge in [-0.05, 0) is 47.8 Å². The number of nitro groups is 1. The quantitative estimate of drug-likeness (QED) is 0.381. The fourth-order valence-electron chi connectivity index (χ4n) is 0.851. The maximum atomic E-state index is 12.5. The third-order valence-corrected chi connectivity index (χ3v) is 4.07. The zero-order valence-corrected chi connectivity index (χ0v) is 11.7. The van der Waals surface area contributed by atoms with Crippen molar-refractivity contribution in [1.82, 2.24) is 4.98 Å². The van der Waals surface area contributed by atoms with E-state index in [1.54, 1.807) is 0 Å². The Labute approximate surface area is 112 Å². The van der Waals surface area contributed by atoms with Crippen LogP contribution in [-0.4, -0.2) is 9.91 Å². The van der Waals surface area contributed by atoms with Crippen molar-refractivity contribution in [3.8, 4) is 0 Å². The Balaban J connectivity index is 3.64. The smallest absolute Gasteiger partial charge is 0.258 e. The summed E-state index contributed by atoms with van der Waals surface area (Å²) in [7, 11) is 0. The van der Waals surface area contributed by atoms with E-state index < -0.39 is 27.0 Å². The molecule has 16 heavy (non-hydrogen) atoms. The second kappa shape index (κ2) is 4.57. The van der Waals surface area contributed by atoms with Crippen LogP contribution in [0.15, 0.2) is 13.5 Å². The number of nitrogens with zero attached hydrogens (tertiary/aromatic N) is 2. The molecule has 10 heteroatoms. The summed E-state index contributed by atoms with van der Waals surface area (Å²) >= 11 is 8.02. The molecule has 0 amide bonds. The topological polar surface area (TPSA) is 56.0 Å². The first kappa shape index (κ1) is 13.8. The lowest BCUT2D eigenvalue weighted by molar-refractivity contribution is -0.386. The minimum absolute atomic E-state index is 0.155. The molecule has 1 rings (SSSR count). The Morgan fingerprint density at radius 2 is 1.69 bits per heavy atom. The van der Waals surface area contributed by atoms with Gasteiger partial charge in [0.1, 0.15) is 13.5 Å². The molecule has 0 N–H and O–H groups in total. The highest BCUT2D eigenvalue weighted by atomic mass is 79.9. The van der Waals surface area contributed by atoms with E-state index in [9.17, 15) is 23.3 Å². The number of aromatic nitrogens is 1. The van der Waals surface area contributed by atoms with Crippen LogP contribution >= 0.6 is 47.8 Å². The normalized spacial score (nSPS) is 11.6. The summed E-state index contributed by atoms with van der Waals surface area (Å²) in [5.74, 6) is 0. The number of rotatable bonds is 1. The van der Waals surface area contributed by atoms with Gasteiger partial charge in [0.05, 0.1) is 4.92 Å². The van der Waals surface area contributed by atoms with Gasteiger partial charge in [0.15, 0.2) is 5.69 Å². The molecular weight excluding hydrogens is 429 g/mol. The van der Waals surface area contributed by atoms with Crippen LogP contribution in [0.2, 0.25) is 0 Å². The molecule has 1 aromatic rings. The molecule has 0 saturated heterocycles. The molecule has 0 aliphatic rings. The monoisotopic (exact) mass is 426 g/mol. The first-order chi connectivity index (χ1) is 7.16. The second-order valence-electron chi connectivity index (χ2n) is 2.48. The summed E-state index contributed by atoms with van der Waals surface area (Å²) in [5, 5.41) is 10.6. The van der Waals surface area contributed by atoms with E-state index in [4.69, 9.17) is 0 Å². The molecule has 0 radical (unpaired) electrons. The Hall–Kier alpha value is -0.220. The van der Waals surface area contributed by atoms with E-state index in [1.807, 2.05) is 0 Å². The average molecular weight is 429 g/mol. The minimum atomic E-state index is -4.77. The largest absolute Gasteiger partial charge is 0.434 e. The van der Waals surface area contributed by atoms with Crippen molar-refractivity contribution >= 4 is 53.5 Å². The number of alkyl halides is 3. The van der Waals surface area contributed by atoms with Gasteiger partial charge in [0.25, 0.3) is 0 Å². The van der Waals surface area contributed by atoms with Gasteiger partial charge in [0, 0.05) is 0 Å². The van der Waals surface area contributed by atoms with Crippen LogP contribution in [0.4, 0.5) is 18.9 Å². The number of hydrogen-bond acceptors (Lipinski definition) is 3. The summed E-state index contributed by atoms with van der Waals surface area (Å²) in [6.45, 7) is 0. The molecule has 0 atom stereocenters. The van der Waals surface area contributed by atoms with Crippen LogP contribution in [0, 0.1) is 10.1 Å². The molecule has 0 aliphatic heterocycles. The summed E-state index contributed by atoms with van der Waals surface area (Å²) in [5.41, 5.74) is -2.08. The zero-order valence-electron chi connectivity index (χ0n) is 6.98. The SMILES string of the molecule is O=[N+]([O-])c1c(Br)c(Br)nc(C(F)(F)F)c1Br. The van der Waals surface area contributed by atoms with E-state index >= 15 is 0 Å². The molecular formula is C6Br3F3N2O2. The first-order valence-corrected chi connectivity index (χ1v) is 5.80. The fraction of sp³-hybridized carbons (Fsp3) is 0.167. The van der Waals surface area contributed by atoms with E-state index in [0.717, 1.165) is 0 Å². The lowest BCUT2D eigenvalue weighted by atomic mass is 10.3. The Morgan fingerprint density at radius 3 is 2.06 bits per heavy atom. The molecule has 0 fully saturated rings. The predicted molar refractivity (Wildman–Crippen MR) is 59.0 cm³/mol. The van der Waals surface area contributed by atoms with Crippen LogP contribution < -0.4 is 0 Å². The van der Waals surface area contributed by atoms with Gasteiger partial charge < -0.3 is 0 Å². The molecule has 0 aromatic carbocycles. The summed E-state index contributed by atoms with van der Waals surface area (Å²) < 4.78 is 36.2. The number of halogens is 6. The summed E-state index contributed by atoms with van der Waals surface area (Å²) in [6, 6.07) is 0. The maximum absolute atomic E-state index is 12.5. The molecule has 1 heterocycles. The van der Waals surface area contributed by atoms with Crippen molar-refractivity contribution in [2.24, 2.45) is 0 Å². The molecule has 0 bridgehead atoms. The van der Waals surface area contributed by atoms with Crippen molar-refractivity contribution in [2.75, 3.05) is 0 Å². The highest BCUT2D eigenvalue weighted by molar-refractivity contribution is 9.13. The van der Waals surface area contributed by atoms with Gasteiger partial charge >= 0.3 is 11.9 Å². The Kier molecular flexibility index (Phi) is 3.95. The van der Waals surface area contributed by atoms with Gasteiger partial charge in [-0.1, -0.05) is 0 Å². The van der Waals surface area contributed by atoms with Crippen molar-refractivity contribution in [3.63, 3.8) is 0 Å². The van der Waals surface area contributed by atoms with Crippen molar-refractivity contribution in [1.29, 1.82) is 0 Å². The molecule has 0 spiro atoms. The fourth-order valence-corrected chi connectivity index (χ4v) is 2.57. The van der Waals surface area contributed by atoms with Crippen LogP contribution in [0.1, 0.15) is 5.69 Å². The molecule has 4 nitrogen and oxygen atoms in total. The third kappa shape index (κ3) is 2.54. The molecule has 0 unspecified atom stereocenters. The Bertz CT molecular complexity index is 463. The van der Waals surface area contributed by atoms with Crippen molar-refractivity contribution < 1.29 is 18.1 Å². The molecule has 88 valence electrons. The van der Waals surface area contributed by atoms with Gasteiger partial charge in [-0.3, -0.25) is 10.1 Å². The van der Waals surface area contributed by atoms with E-state index in [2.05, 4.69) is 52.8 Å². The standard InChI is InChI=1S/C6Br3F3N2O2/c7-1-3(14(15)16)2(8)5(9)13-4(1)6(10,11)12. The van der Waals surface area contributed by atoms with Gasteiger partial charge in [-0.25, -0.2) is 4.98 Å². The highest BCUT2D eigenvalue weighted by Crippen LogP contribution is 2.44. The molecule has 0 saturated carbocycles. The van der Waals surface area contributed by atoms with E-state index in [0.29, 0.717) is 0 Å². The molecule has 0 aliphatic carbocycles. The van der Waals surface area contributed by atoms with Gasteiger partial charge in [0.2, 0.25) is 0 Å². The predicted octanol–water partition coefficient (Wildman–Crippen LogP) is 4.30. The van der Waals surface area contributed by atoms with E-state index in [-0.39, 0.29) is 9.08 Å². The first-order valence-electron chi connectivity index (χ1n) is 3.42. The zero-order chi connectivity index (χ0) is 12.7. The summed E-state index contributed by atoms with van der Waals surface area (Å²) in [6.07, 6.45) is -4.77. The summed E-state index contributed by atoms with van der Waals surface area (Å²) in [4.78, 5) is 12.8. The van der Waals surface area contributed by atoms with Crippen LogP contribution in [-0.2, 0) is 6.18 Å². The van der Waals surface area contributed by atoms with Crippen LogP contribution in [0.5, 0.6) is 0 Å². The van der Waals surface area contributed by atoms with Crippen LogP contribution in [0.3, 0.4) is 0 Å². The number of pyridine rings is 1. The van der Waals surface area contributed by atoms with E-state index in [1.165, 1.54) is 0 Å². The van der Waals surface area contributed by atoms with Crippen molar-refractivity contribution in [2.45, 2.75) is 6.18 Å². The maximum Gasteiger partial charge on any atom is 0.434 e. The molecule has 1 aromatic heterocycles. The highest BCUT2D eigenvalue weighted by Gasteiger charge is 2.40. The van der Waals surface area contributed by atoms with Crippen molar-refractivity contribution in [3.05, 3.63) is 29.4 Å². The lowest BCUT2D eigenvalue weighted by Crippen LogP contribution is -2.11. The van der Waals surface area contributed by atoms with Gasteiger partial charge in [-0.15, -0.1) is 0 Å². The minimum Gasteiger partial charge on any atom is -0.258 e. The lowest BCUT2D eigenvalue weighted by Gasteiger charge is -2.09.